The first-order chi connectivity index (χ1) is 14.6. The van der Waals surface area contributed by atoms with E-state index in [0.717, 1.165) is 24.1 Å². The minimum atomic E-state index is -4.63. The van der Waals surface area contributed by atoms with Crippen LogP contribution < -0.4 is 9.47 Å². The van der Waals surface area contributed by atoms with E-state index >= 15 is 0 Å². The molecule has 3 heterocycles. The Balaban J connectivity index is 1.54. The molecule has 0 spiro atoms. The van der Waals surface area contributed by atoms with Gasteiger partial charge in [-0.05, 0) is 24.0 Å². The molecule has 31 heavy (non-hydrogen) atoms. The highest BCUT2D eigenvalue weighted by atomic mass is 19.4. The molecular formula is C20H24F3N3O5. The Hall–Kier alpha value is -2.50. The van der Waals surface area contributed by atoms with E-state index in [1.54, 1.807) is 12.4 Å². The van der Waals surface area contributed by atoms with Crippen LogP contribution in [0, 0.1) is 5.92 Å². The highest BCUT2D eigenvalue weighted by Crippen LogP contribution is 2.29. The van der Waals surface area contributed by atoms with Crippen LogP contribution in [0.5, 0.6) is 11.9 Å². The Morgan fingerprint density at radius 3 is 2.52 bits per heavy atom. The summed E-state index contributed by atoms with van der Waals surface area (Å²) in [5.41, 5.74) is -0.155. The van der Waals surface area contributed by atoms with Crippen LogP contribution in [0.15, 0.2) is 30.6 Å². The zero-order valence-electron chi connectivity index (χ0n) is 17.0. The fourth-order valence-electron chi connectivity index (χ4n) is 3.05. The van der Waals surface area contributed by atoms with E-state index in [0.29, 0.717) is 5.92 Å². The molecule has 2 aromatic rings. The first-order valence-corrected chi connectivity index (χ1v) is 9.76. The fourth-order valence-corrected chi connectivity index (χ4v) is 3.05. The standard InChI is InChI=1S/C20H24F3N3O5/c1-11(2)6-12-7-24-19(25-8-12)30-9-13-17(27)18(28)14(10-29-13)31-16-5-3-4-15(26-16)20(21,22)23/h3-5,7-8,11,13-14,17-18,27-28H,6,9-10H2,1-2H3/t13-,14+,17+,18-/m1/s1. The van der Waals surface area contributed by atoms with E-state index in [2.05, 4.69) is 28.8 Å². The Morgan fingerprint density at radius 2 is 1.87 bits per heavy atom. The van der Waals surface area contributed by atoms with Crippen LogP contribution in [0.25, 0.3) is 0 Å². The zero-order chi connectivity index (χ0) is 22.6. The van der Waals surface area contributed by atoms with Gasteiger partial charge in [-0.25, -0.2) is 15.0 Å². The van der Waals surface area contributed by atoms with Crippen molar-refractivity contribution in [1.82, 2.24) is 15.0 Å². The summed E-state index contributed by atoms with van der Waals surface area (Å²) in [7, 11) is 0. The maximum Gasteiger partial charge on any atom is 0.433 e. The molecule has 1 aliphatic rings. The number of aliphatic hydroxyl groups is 2. The first kappa shape index (κ1) is 23.2. The highest BCUT2D eigenvalue weighted by Gasteiger charge is 2.41. The van der Waals surface area contributed by atoms with Crippen molar-refractivity contribution in [3.63, 3.8) is 0 Å². The molecule has 2 aromatic heterocycles. The highest BCUT2D eigenvalue weighted by molar-refractivity contribution is 5.18. The van der Waals surface area contributed by atoms with E-state index in [-0.39, 0.29) is 25.1 Å². The van der Waals surface area contributed by atoms with Crippen molar-refractivity contribution < 1.29 is 37.6 Å². The van der Waals surface area contributed by atoms with Crippen LogP contribution in [-0.2, 0) is 17.3 Å². The van der Waals surface area contributed by atoms with Crippen molar-refractivity contribution in [2.75, 3.05) is 13.2 Å². The predicted octanol–water partition coefficient (Wildman–Crippen LogP) is 2.04. The summed E-state index contributed by atoms with van der Waals surface area (Å²) in [5.74, 6) is 0.128. The normalized spacial score (nSPS) is 24.3. The Bertz CT molecular complexity index is 851. The summed E-state index contributed by atoms with van der Waals surface area (Å²) < 4.78 is 54.6. The lowest BCUT2D eigenvalue weighted by Crippen LogP contribution is -2.56. The number of aromatic nitrogens is 3. The number of hydrogen-bond acceptors (Lipinski definition) is 8. The van der Waals surface area contributed by atoms with Gasteiger partial charge >= 0.3 is 12.2 Å². The SMILES string of the molecule is CC(C)Cc1cnc(OC[C@H]2OC[C@H](Oc3cccc(C(F)(F)F)n3)[C@@H](O)[C@H]2O)nc1. The van der Waals surface area contributed by atoms with Crippen LogP contribution in [-0.4, -0.2) is 62.8 Å². The van der Waals surface area contributed by atoms with Gasteiger partial charge in [-0.2, -0.15) is 13.2 Å². The van der Waals surface area contributed by atoms with Crippen molar-refractivity contribution in [2.24, 2.45) is 5.92 Å². The Kier molecular flexibility index (Phi) is 7.29. The summed E-state index contributed by atoms with van der Waals surface area (Å²) in [6, 6.07) is 3.27. The Labute approximate surface area is 177 Å². The molecule has 0 aromatic carbocycles. The number of halogens is 3. The lowest BCUT2D eigenvalue weighted by Gasteiger charge is -2.36. The van der Waals surface area contributed by atoms with Gasteiger partial charge in [0.1, 0.15) is 30.6 Å². The minimum absolute atomic E-state index is 0.101. The molecule has 0 unspecified atom stereocenters. The summed E-state index contributed by atoms with van der Waals surface area (Å²) in [6.07, 6.45) is -5.31. The second-order valence-electron chi connectivity index (χ2n) is 7.65. The third-order valence-electron chi connectivity index (χ3n) is 4.57. The van der Waals surface area contributed by atoms with Crippen molar-refractivity contribution in [3.05, 3.63) is 41.9 Å². The third kappa shape index (κ3) is 6.25. The third-order valence-corrected chi connectivity index (χ3v) is 4.57. The largest absolute Gasteiger partial charge is 0.469 e. The van der Waals surface area contributed by atoms with E-state index in [1.807, 2.05) is 0 Å². The maximum atomic E-state index is 12.8. The molecule has 170 valence electrons. The van der Waals surface area contributed by atoms with E-state index in [1.165, 1.54) is 6.07 Å². The smallest absolute Gasteiger partial charge is 0.433 e. The lowest BCUT2D eigenvalue weighted by molar-refractivity contribution is -0.188. The van der Waals surface area contributed by atoms with Crippen molar-refractivity contribution in [1.29, 1.82) is 0 Å². The molecule has 11 heteroatoms. The molecule has 4 atom stereocenters. The van der Waals surface area contributed by atoms with Crippen molar-refractivity contribution >= 4 is 0 Å². The van der Waals surface area contributed by atoms with Gasteiger partial charge in [0, 0.05) is 18.5 Å². The molecule has 2 N–H and O–H groups in total. The van der Waals surface area contributed by atoms with Crippen molar-refractivity contribution in [2.45, 2.75) is 50.9 Å². The van der Waals surface area contributed by atoms with Crippen LogP contribution in [0.4, 0.5) is 13.2 Å². The van der Waals surface area contributed by atoms with Gasteiger partial charge in [-0.1, -0.05) is 19.9 Å². The molecule has 0 radical (unpaired) electrons. The number of alkyl halides is 3. The van der Waals surface area contributed by atoms with Crippen LogP contribution >= 0.6 is 0 Å². The molecule has 8 nitrogen and oxygen atoms in total. The van der Waals surface area contributed by atoms with E-state index in [4.69, 9.17) is 14.2 Å². The van der Waals surface area contributed by atoms with Gasteiger partial charge in [0.15, 0.2) is 6.10 Å². The number of hydrogen-bond donors (Lipinski definition) is 2. The first-order valence-electron chi connectivity index (χ1n) is 9.76. The Morgan fingerprint density at radius 1 is 1.16 bits per heavy atom. The number of ether oxygens (including phenoxy) is 3. The molecule has 1 aliphatic heterocycles. The molecular weight excluding hydrogens is 419 g/mol. The summed E-state index contributed by atoms with van der Waals surface area (Å²) in [5, 5.41) is 20.6. The fraction of sp³-hybridized carbons (Fsp3) is 0.550. The molecule has 1 fully saturated rings. The molecule has 0 bridgehead atoms. The summed E-state index contributed by atoms with van der Waals surface area (Å²) in [4.78, 5) is 11.6. The zero-order valence-corrected chi connectivity index (χ0v) is 17.0. The molecule has 3 rings (SSSR count). The van der Waals surface area contributed by atoms with Gasteiger partial charge in [0.25, 0.3) is 0 Å². The van der Waals surface area contributed by atoms with Gasteiger partial charge in [0.05, 0.1) is 6.61 Å². The average Bonchev–Trinajstić information content (AvgIpc) is 2.71. The lowest BCUT2D eigenvalue weighted by atomic mass is 10.0. The molecule has 0 amide bonds. The van der Waals surface area contributed by atoms with E-state index < -0.39 is 36.3 Å². The number of aliphatic hydroxyl groups excluding tert-OH is 2. The van der Waals surface area contributed by atoms with Gasteiger partial charge in [0.2, 0.25) is 5.88 Å². The molecule has 0 aliphatic carbocycles. The monoisotopic (exact) mass is 443 g/mol. The number of pyridine rings is 1. The van der Waals surface area contributed by atoms with Gasteiger partial charge in [-0.3, -0.25) is 0 Å². The van der Waals surface area contributed by atoms with Crippen LogP contribution in [0.1, 0.15) is 25.1 Å². The second kappa shape index (κ2) is 9.75. The predicted molar refractivity (Wildman–Crippen MR) is 101 cm³/mol. The van der Waals surface area contributed by atoms with Gasteiger partial charge < -0.3 is 24.4 Å². The van der Waals surface area contributed by atoms with Crippen LogP contribution in [0.3, 0.4) is 0 Å². The maximum absolute atomic E-state index is 12.8. The number of rotatable bonds is 7. The van der Waals surface area contributed by atoms with E-state index in [9.17, 15) is 23.4 Å². The molecule has 0 saturated carbocycles. The van der Waals surface area contributed by atoms with Gasteiger partial charge in [-0.15, -0.1) is 0 Å². The quantitative estimate of drug-likeness (QED) is 0.670. The van der Waals surface area contributed by atoms with Crippen LogP contribution in [0.2, 0.25) is 0 Å². The summed E-state index contributed by atoms with van der Waals surface area (Å²) >= 11 is 0. The summed E-state index contributed by atoms with van der Waals surface area (Å²) in [6.45, 7) is 3.85. The second-order valence-corrected chi connectivity index (χ2v) is 7.65. The van der Waals surface area contributed by atoms with Crippen molar-refractivity contribution in [3.8, 4) is 11.9 Å². The topological polar surface area (TPSA) is 107 Å². The molecule has 1 saturated heterocycles. The number of nitrogens with zero attached hydrogens (tertiary/aromatic N) is 3. The average molecular weight is 443 g/mol. The minimum Gasteiger partial charge on any atom is -0.469 e.